The molecule has 0 atom stereocenters. The number of benzene rings is 3. The fourth-order valence-electron chi connectivity index (χ4n) is 4.50. The summed E-state index contributed by atoms with van der Waals surface area (Å²) in [5.74, 6) is 0.719. The van der Waals surface area contributed by atoms with E-state index in [0.717, 1.165) is 35.5 Å². The predicted octanol–water partition coefficient (Wildman–Crippen LogP) is 6.05. The number of hydrogen-bond acceptors (Lipinski definition) is 6. The summed E-state index contributed by atoms with van der Waals surface area (Å²) in [5.41, 5.74) is 10.0. The molecule has 208 valence electrons. The Morgan fingerprint density at radius 1 is 0.925 bits per heavy atom. The monoisotopic (exact) mass is 560 g/mol. The lowest BCUT2D eigenvalue weighted by Gasteiger charge is -2.31. The predicted molar refractivity (Wildman–Crippen MR) is 160 cm³/mol. The number of aromatic amines is 1. The molecular weight excluding hydrogens is 528 g/mol. The zero-order chi connectivity index (χ0) is 28.8. The molecule has 3 aromatic carbocycles. The van der Waals surface area contributed by atoms with E-state index in [1.54, 1.807) is 0 Å². The van der Waals surface area contributed by atoms with Gasteiger partial charge in [0.05, 0.1) is 22.1 Å². The van der Waals surface area contributed by atoms with Crippen LogP contribution >= 0.6 is 11.6 Å². The summed E-state index contributed by atoms with van der Waals surface area (Å²) in [6.07, 6.45) is 0. The van der Waals surface area contributed by atoms with E-state index in [1.807, 2.05) is 42.5 Å². The van der Waals surface area contributed by atoms with Crippen LogP contribution < -0.4 is 21.3 Å². The third-order valence-corrected chi connectivity index (χ3v) is 6.42. The standard InChI is InChI=1S/C29H33ClN8O2/c1-17(2)15-38(16-18(3)4)26-12-10-19(21-7-5-6-8-22(21)28-34-36-37-35-28)13-25(26)33-29(40)32-24-14-20(27(31)39)9-11-23(24)30/h5-14,17-18H,15-16H2,1-4H3,(H2,31,39)(H2,32,33,40)(H,34,35,36,37). The molecule has 0 fully saturated rings. The molecule has 0 bridgehead atoms. The highest BCUT2D eigenvalue weighted by Gasteiger charge is 2.19. The maximum absolute atomic E-state index is 13.3. The van der Waals surface area contributed by atoms with Gasteiger partial charge in [0.2, 0.25) is 5.91 Å². The first-order valence-electron chi connectivity index (χ1n) is 13.0. The quantitative estimate of drug-likeness (QED) is 0.186. The average Bonchev–Trinajstić information content (AvgIpc) is 3.44. The van der Waals surface area contributed by atoms with Crippen LogP contribution in [0.25, 0.3) is 22.5 Å². The second kappa shape index (κ2) is 12.6. The Hall–Kier alpha value is -4.44. The third-order valence-electron chi connectivity index (χ3n) is 6.09. The number of carbonyl (C=O) groups is 2. The summed E-state index contributed by atoms with van der Waals surface area (Å²) in [5, 5.41) is 20.4. The van der Waals surface area contributed by atoms with Crippen molar-refractivity contribution in [1.82, 2.24) is 20.6 Å². The van der Waals surface area contributed by atoms with E-state index in [9.17, 15) is 9.59 Å². The van der Waals surface area contributed by atoms with Gasteiger partial charge in [-0.1, -0.05) is 69.6 Å². The van der Waals surface area contributed by atoms with Crippen LogP contribution in [0.1, 0.15) is 38.1 Å². The molecule has 0 aliphatic heterocycles. The minimum absolute atomic E-state index is 0.237. The number of hydrogen-bond donors (Lipinski definition) is 4. The van der Waals surface area contributed by atoms with Crippen molar-refractivity contribution >= 4 is 40.6 Å². The topological polar surface area (TPSA) is 142 Å². The minimum Gasteiger partial charge on any atom is -0.369 e. The van der Waals surface area contributed by atoms with Gasteiger partial charge in [-0.05, 0) is 63.7 Å². The van der Waals surface area contributed by atoms with Gasteiger partial charge in [0.25, 0.3) is 0 Å². The molecule has 0 spiro atoms. The van der Waals surface area contributed by atoms with Crippen LogP contribution in [0.5, 0.6) is 0 Å². The molecule has 1 aromatic heterocycles. The summed E-state index contributed by atoms with van der Waals surface area (Å²) < 4.78 is 0. The Bertz CT molecular complexity index is 1480. The maximum Gasteiger partial charge on any atom is 0.323 e. The number of nitrogens with zero attached hydrogens (tertiary/aromatic N) is 4. The molecule has 10 nitrogen and oxygen atoms in total. The van der Waals surface area contributed by atoms with E-state index in [2.05, 4.69) is 63.9 Å². The molecule has 0 saturated heterocycles. The normalized spacial score (nSPS) is 11.1. The number of nitrogens with one attached hydrogen (secondary N) is 3. The van der Waals surface area contributed by atoms with E-state index in [-0.39, 0.29) is 16.3 Å². The molecule has 5 N–H and O–H groups in total. The van der Waals surface area contributed by atoms with E-state index in [1.165, 1.54) is 18.2 Å². The van der Waals surface area contributed by atoms with Gasteiger partial charge in [0, 0.05) is 24.2 Å². The summed E-state index contributed by atoms with van der Waals surface area (Å²) in [6.45, 7) is 10.3. The highest BCUT2D eigenvalue weighted by atomic mass is 35.5. The number of urea groups is 1. The second-order valence-corrected chi connectivity index (χ2v) is 10.8. The van der Waals surface area contributed by atoms with Crippen LogP contribution in [0, 0.1) is 11.8 Å². The molecular formula is C29H33ClN8O2. The van der Waals surface area contributed by atoms with Crippen LogP contribution in [-0.4, -0.2) is 45.7 Å². The fourth-order valence-corrected chi connectivity index (χ4v) is 4.66. The average molecular weight is 561 g/mol. The van der Waals surface area contributed by atoms with Gasteiger partial charge in [-0.15, -0.1) is 5.10 Å². The molecule has 0 radical (unpaired) electrons. The minimum atomic E-state index is -0.617. The van der Waals surface area contributed by atoms with E-state index >= 15 is 0 Å². The number of halogens is 1. The number of anilines is 3. The van der Waals surface area contributed by atoms with Crippen LogP contribution in [0.15, 0.2) is 60.7 Å². The Kier molecular flexibility index (Phi) is 9.00. The third kappa shape index (κ3) is 6.95. The van der Waals surface area contributed by atoms with Crippen molar-refractivity contribution in [3.63, 3.8) is 0 Å². The van der Waals surface area contributed by atoms with Gasteiger partial charge in [-0.2, -0.15) is 0 Å². The van der Waals surface area contributed by atoms with Gasteiger partial charge in [-0.3, -0.25) is 4.79 Å². The van der Waals surface area contributed by atoms with Crippen molar-refractivity contribution in [3.8, 4) is 22.5 Å². The summed E-state index contributed by atoms with van der Waals surface area (Å²) in [4.78, 5) is 27.2. The van der Waals surface area contributed by atoms with Crippen molar-refractivity contribution in [3.05, 3.63) is 71.2 Å². The summed E-state index contributed by atoms with van der Waals surface area (Å²) in [7, 11) is 0. The highest BCUT2D eigenvalue weighted by Crippen LogP contribution is 2.36. The van der Waals surface area contributed by atoms with Crippen molar-refractivity contribution < 1.29 is 9.59 Å². The molecule has 0 saturated carbocycles. The van der Waals surface area contributed by atoms with Crippen molar-refractivity contribution in [2.45, 2.75) is 27.7 Å². The number of primary amides is 1. The lowest BCUT2D eigenvalue weighted by Crippen LogP contribution is -2.32. The first-order valence-corrected chi connectivity index (χ1v) is 13.4. The number of aromatic nitrogens is 4. The molecule has 0 unspecified atom stereocenters. The van der Waals surface area contributed by atoms with Crippen molar-refractivity contribution in [1.29, 1.82) is 0 Å². The van der Waals surface area contributed by atoms with Gasteiger partial charge in [0.1, 0.15) is 0 Å². The van der Waals surface area contributed by atoms with Crippen LogP contribution in [-0.2, 0) is 0 Å². The smallest absolute Gasteiger partial charge is 0.323 e. The molecule has 40 heavy (non-hydrogen) atoms. The molecule has 3 amide bonds. The van der Waals surface area contributed by atoms with Gasteiger partial charge < -0.3 is 21.3 Å². The zero-order valence-electron chi connectivity index (χ0n) is 22.9. The van der Waals surface area contributed by atoms with Gasteiger partial charge >= 0.3 is 6.03 Å². The number of rotatable bonds is 10. The fraction of sp³-hybridized carbons (Fsp3) is 0.276. The van der Waals surface area contributed by atoms with Gasteiger partial charge in [-0.25, -0.2) is 9.89 Å². The number of tetrazole rings is 1. The lowest BCUT2D eigenvalue weighted by molar-refractivity contribution is 0.1000. The maximum atomic E-state index is 13.3. The van der Waals surface area contributed by atoms with Crippen molar-refractivity contribution in [2.24, 2.45) is 17.6 Å². The number of amides is 3. The Morgan fingerprint density at radius 3 is 2.23 bits per heavy atom. The number of nitrogens with two attached hydrogens (primary N) is 1. The molecule has 0 aliphatic rings. The molecule has 4 aromatic rings. The first-order chi connectivity index (χ1) is 19.1. The van der Waals surface area contributed by atoms with Gasteiger partial charge in [0.15, 0.2) is 5.82 Å². The first kappa shape index (κ1) is 28.6. The largest absolute Gasteiger partial charge is 0.369 e. The second-order valence-electron chi connectivity index (χ2n) is 10.4. The van der Waals surface area contributed by atoms with E-state index < -0.39 is 11.9 Å². The van der Waals surface area contributed by atoms with E-state index in [4.69, 9.17) is 17.3 Å². The van der Waals surface area contributed by atoms with E-state index in [0.29, 0.717) is 23.3 Å². The molecule has 1 heterocycles. The number of H-pyrrole nitrogens is 1. The Balaban J connectivity index is 1.75. The Labute approximate surface area is 238 Å². The van der Waals surface area contributed by atoms with Crippen LogP contribution in [0.4, 0.5) is 21.9 Å². The number of carbonyl (C=O) groups excluding carboxylic acids is 2. The van der Waals surface area contributed by atoms with Crippen molar-refractivity contribution in [2.75, 3.05) is 28.6 Å². The highest BCUT2D eigenvalue weighted by molar-refractivity contribution is 6.34. The molecule has 11 heteroatoms. The Morgan fingerprint density at radius 2 is 1.60 bits per heavy atom. The lowest BCUT2D eigenvalue weighted by atomic mass is 9.97. The zero-order valence-corrected chi connectivity index (χ0v) is 23.7. The summed E-state index contributed by atoms with van der Waals surface area (Å²) in [6, 6.07) is 17.7. The summed E-state index contributed by atoms with van der Waals surface area (Å²) >= 11 is 6.29. The SMILES string of the molecule is CC(C)CN(CC(C)C)c1ccc(-c2ccccc2-c2nnn[nH]2)cc1NC(=O)Nc1cc(C(N)=O)ccc1Cl. The molecule has 4 rings (SSSR count). The molecule has 0 aliphatic carbocycles. The van der Waals surface area contributed by atoms with Crippen LogP contribution in [0.2, 0.25) is 5.02 Å². The van der Waals surface area contributed by atoms with Crippen LogP contribution in [0.3, 0.4) is 0 Å².